The van der Waals surface area contributed by atoms with E-state index in [-0.39, 0.29) is 6.29 Å². The summed E-state index contributed by atoms with van der Waals surface area (Å²) in [6, 6.07) is 0. The molecule has 0 heterocycles. The van der Waals surface area contributed by atoms with Crippen LogP contribution in [0.5, 0.6) is 0 Å². The maximum Gasteiger partial charge on any atom is 0.171 e. The van der Waals surface area contributed by atoms with E-state index in [9.17, 15) is 0 Å². The molecule has 28 heavy (non-hydrogen) atoms. The van der Waals surface area contributed by atoms with Crippen molar-refractivity contribution in [2.75, 3.05) is 0 Å². The van der Waals surface area contributed by atoms with Crippen LogP contribution in [0.15, 0.2) is 0 Å². The van der Waals surface area contributed by atoms with Crippen molar-refractivity contribution in [1.29, 1.82) is 0 Å². The van der Waals surface area contributed by atoms with E-state index in [1.807, 2.05) is 0 Å². The normalized spacial score (nSPS) is 26.4. The molecule has 0 radical (unpaired) electrons. The van der Waals surface area contributed by atoms with Crippen LogP contribution in [0.25, 0.3) is 0 Å². The third-order valence-corrected chi connectivity index (χ3v) is 7.27. The Hall–Kier alpha value is -0.160. The van der Waals surface area contributed by atoms with Gasteiger partial charge < -0.3 is 18.9 Å². The fourth-order valence-corrected chi connectivity index (χ4v) is 5.75. The summed E-state index contributed by atoms with van der Waals surface area (Å²) in [5.74, 6) is -0.591. The molecule has 162 valence electrons. The van der Waals surface area contributed by atoms with Gasteiger partial charge in [0.15, 0.2) is 12.1 Å². The number of hydrogen-bond acceptors (Lipinski definition) is 4. The lowest BCUT2D eigenvalue weighted by molar-refractivity contribution is -0.306. The molecule has 4 saturated carbocycles. The van der Waals surface area contributed by atoms with E-state index < -0.39 is 5.79 Å². The molecule has 4 heteroatoms. The van der Waals surface area contributed by atoms with Gasteiger partial charge in [0.25, 0.3) is 0 Å². The van der Waals surface area contributed by atoms with E-state index in [0.717, 1.165) is 0 Å². The van der Waals surface area contributed by atoms with Gasteiger partial charge in [0.2, 0.25) is 0 Å². The Kier molecular flexibility index (Phi) is 7.71. The lowest BCUT2D eigenvalue weighted by Gasteiger charge is -2.38. The molecule has 0 N–H and O–H groups in total. The first-order valence-corrected chi connectivity index (χ1v) is 12.4. The Labute approximate surface area is 172 Å². The van der Waals surface area contributed by atoms with Gasteiger partial charge in [-0.05, 0) is 58.3 Å². The number of ether oxygens (including phenoxy) is 4. The average molecular weight is 395 g/mol. The summed E-state index contributed by atoms with van der Waals surface area (Å²) < 4.78 is 26.3. The van der Waals surface area contributed by atoms with Crippen LogP contribution in [0.3, 0.4) is 0 Å². The zero-order valence-corrected chi connectivity index (χ0v) is 18.0. The predicted octanol–water partition coefficient (Wildman–Crippen LogP) is 6.26. The number of rotatable bonds is 10. The van der Waals surface area contributed by atoms with Crippen molar-refractivity contribution in [3.05, 3.63) is 0 Å². The van der Waals surface area contributed by atoms with Gasteiger partial charge in [-0.1, -0.05) is 51.4 Å². The molecule has 0 amide bonds. The quantitative estimate of drug-likeness (QED) is 0.410. The van der Waals surface area contributed by atoms with Gasteiger partial charge in [-0.2, -0.15) is 0 Å². The minimum Gasteiger partial charge on any atom is -0.349 e. The largest absolute Gasteiger partial charge is 0.349 e. The molecule has 0 spiro atoms. The van der Waals surface area contributed by atoms with Crippen LogP contribution in [-0.4, -0.2) is 36.5 Å². The van der Waals surface area contributed by atoms with Crippen molar-refractivity contribution >= 4 is 0 Å². The van der Waals surface area contributed by atoms with E-state index in [2.05, 4.69) is 6.92 Å². The Bertz CT molecular complexity index is 408. The standard InChI is InChI=1S/C24H42O4/c1-24(27-21-14-6-7-15-21,28-22-16-8-9-17-22)18-23(25-19-10-2-3-11-19)26-20-12-4-5-13-20/h19-23H,2-18H2,1H3. The van der Waals surface area contributed by atoms with Crippen molar-refractivity contribution in [3.8, 4) is 0 Å². The molecule has 0 bridgehead atoms. The highest BCUT2D eigenvalue weighted by atomic mass is 16.7. The Morgan fingerprint density at radius 2 is 0.893 bits per heavy atom. The van der Waals surface area contributed by atoms with Gasteiger partial charge in [-0.15, -0.1) is 0 Å². The van der Waals surface area contributed by atoms with E-state index in [1.54, 1.807) is 0 Å². The van der Waals surface area contributed by atoms with Gasteiger partial charge in [-0.3, -0.25) is 0 Å². The Morgan fingerprint density at radius 3 is 1.25 bits per heavy atom. The third-order valence-electron chi connectivity index (χ3n) is 7.27. The van der Waals surface area contributed by atoms with Crippen LogP contribution in [-0.2, 0) is 18.9 Å². The Balaban J connectivity index is 1.42. The predicted molar refractivity (Wildman–Crippen MR) is 110 cm³/mol. The molecule has 4 nitrogen and oxygen atoms in total. The fourth-order valence-electron chi connectivity index (χ4n) is 5.75. The van der Waals surface area contributed by atoms with Crippen LogP contribution in [0.4, 0.5) is 0 Å². The molecular weight excluding hydrogens is 352 g/mol. The zero-order valence-electron chi connectivity index (χ0n) is 18.0. The molecule has 4 aliphatic rings. The van der Waals surface area contributed by atoms with Gasteiger partial charge in [0.05, 0.1) is 30.8 Å². The van der Waals surface area contributed by atoms with Crippen LogP contribution in [0.2, 0.25) is 0 Å². The second-order valence-corrected chi connectivity index (χ2v) is 9.90. The molecule has 4 aliphatic carbocycles. The van der Waals surface area contributed by atoms with Gasteiger partial charge >= 0.3 is 0 Å². The van der Waals surface area contributed by atoms with Gasteiger partial charge in [-0.25, -0.2) is 0 Å². The van der Waals surface area contributed by atoms with Crippen molar-refractivity contribution in [2.24, 2.45) is 0 Å². The first kappa shape index (κ1) is 21.1. The summed E-state index contributed by atoms with van der Waals surface area (Å²) in [5.41, 5.74) is 0. The summed E-state index contributed by atoms with van der Waals surface area (Å²) in [4.78, 5) is 0. The first-order chi connectivity index (χ1) is 13.7. The summed E-state index contributed by atoms with van der Waals surface area (Å²) in [6.07, 6.45) is 21.5. The van der Waals surface area contributed by atoms with Crippen LogP contribution >= 0.6 is 0 Å². The maximum absolute atomic E-state index is 6.64. The highest BCUT2D eigenvalue weighted by Gasteiger charge is 2.39. The van der Waals surface area contributed by atoms with Crippen molar-refractivity contribution < 1.29 is 18.9 Å². The minimum absolute atomic E-state index is 0.195. The summed E-state index contributed by atoms with van der Waals surface area (Å²) >= 11 is 0. The van der Waals surface area contributed by atoms with Crippen LogP contribution in [0, 0.1) is 0 Å². The summed E-state index contributed by atoms with van der Waals surface area (Å²) in [5, 5.41) is 0. The SMILES string of the molecule is CC(CC(OC1CCCC1)OC1CCCC1)(OC1CCCC1)OC1CCCC1. The summed E-state index contributed by atoms with van der Waals surface area (Å²) in [7, 11) is 0. The molecule has 0 aromatic rings. The molecular formula is C24H42O4. The van der Waals surface area contributed by atoms with E-state index in [4.69, 9.17) is 18.9 Å². The first-order valence-electron chi connectivity index (χ1n) is 12.4. The lowest BCUT2D eigenvalue weighted by Crippen LogP contribution is -2.44. The molecule has 0 saturated heterocycles. The second-order valence-electron chi connectivity index (χ2n) is 9.90. The van der Waals surface area contributed by atoms with E-state index in [1.165, 1.54) is 103 Å². The number of hydrogen-bond donors (Lipinski definition) is 0. The van der Waals surface area contributed by atoms with Crippen molar-refractivity contribution in [2.45, 2.75) is 153 Å². The molecule has 4 fully saturated rings. The van der Waals surface area contributed by atoms with E-state index in [0.29, 0.717) is 30.8 Å². The van der Waals surface area contributed by atoms with E-state index >= 15 is 0 Å². The third kappa shape index (κ3) is 6.17. The molecule has 0 atom stereocenters. The fraction of sp³-hybridized carbons (Fsp3) is 1.00. The monoisotopic (exact) mass is 394 g/mol. The van der Waals surface area contributed by atoms with Crippen LogP contribution < -0.4 is 0 Å². The maximum atomic E-state index is 6.64. The smallest absolute Gasteiger partial charge is 0.171 e. The molecule has 0 aromatic carbocycles. The Morgan fingerprint density at radius 1 is 0.571 bits per heavy atom. The summed E-state index contributed by atoms with van der Waals surface area (Å²) in [6.45, 7) is 2.16. The lowest BCUT2D eigenvalue weighted by atomic mass is 10.1. The average Bonchev–Trinajstić information content (AvgIpc) is 3.44. The van der Waals surface area contributed by atoms with Gasteiger partial charge in [0.1, 0.15) is 0 Å². The van der Waals surface area contributed by atoms with Crippen molar-refractivity contribution in [1.82, 2.24) is 0 Å². The van der Waals surface area contributed by atoms with Gasteiger partial charge in [0, 0.05) is 0 Å². The molecule has 0 aromatic heterocycles. The topological polar surface area (TPSA) is 36.9 Å². The highest BCUT2D eigenvalue weighted by Crippen LogP contribution is 2.36. The molecule has 0 unspecified atom stereocenters. The molecule has 0 aliphatic heterocycles. The zero-order chi connectivity index (χ0) is 19.2. The minimum atomic E-state index is -0.591. The van der Waals surface area contributed by atoms with Crippen LogP contribution in [0.1, 0.15) is 116 Å². The molecule has 4 rings (SSSR count). The second kappa shape index (κ2) is 10.2. The van der Waals surface area contributed by atoms with Crippen molar-refractivity contribution in [3.63, 3.8) is 0 Å². The highest BCUT2D eigenvalue weighted by molar-refractivity contribution is 4.79.